The number of carboxylic acid groups (broad SMARTS) is 1. The van der Waals surface area contributed by atoms with Crippen molar-refractivity contribution in [1.29, 1.82) is 0 Å². The molecular weight excluding hydrogens is 621 g/mol. The maximum absolute atomic E-state index is 12.8. The molecule has 2 N–H and O–H groups in total. The molecule has 0 bridgehead atoms. The van der Waals surface area contributed by atoms with Crippen LogP contribution >= 0.6 is 24.0 Å². The highest BCUT2D eigenvalue weighted by Gasteiger charge is 2.23. The van der Waals surface area contributed by atoms with Gasteiger partial charge in [0, 0.05) is 28.2 Å². The normalized spacial score (nSPS) is 13.4. The quantitative estimate of drug-likeness (QED) is 0.165. The van der Waals surface area contributed by atoms with E-state index in [-0.39, 0.29) is 36.5 Å². The SMILES string of the molecule is CC(C)NC(=O)c1ccc(-c2ccc(Cl)cc2)c(COc2ccc(-c3nc4cc(C(=O)O)ccc4n3C3CCCCC3)cc2)c1.Cl. The number of imidazole rings is 1. The van der Waals surface area contributed by atoms with Crippen molar-refractivity contribution in [3.63, 3.8) is 0 Å². The summed E-state index contributed by atoms with van der Waals surface area (Å²) in [7, 11) is 0. The van der Waals surface area contributed by atoms with Crippen LogP contribution in [0.3, 0.4) is 0 Å². The Kier molecular flexibility index (Phi) is 10.3. The molecule has 0 atom stereocenters. The van der Waals surface area contributed by atoms with E-state index in [0.29, 0.717) is 27.9 Å². The molecular formula is C37H37Cl2N3O4. The fourth-order valence-corrected chi connectivity index (χ4v) is 6.24. The highest BCUT2D eigenvalue weighted by atomic mass is 35.5. The molecule has 1 heterocycles. The molecule has 0 aliphatic heterocycles. The number of halogens is 2. The first-order chi connectivity index (χ1) is 21.8. The summed E-state index contributed by atoms with van der Waals surface area (Å²) in [6, 6.07) is 26.7. The molecule has 1 saturated carbocycles. The average molecular weight is 659 g/mol. The van der Waals surface area contributed by atoms with Crippen LogP contribution in [-0.4, -0.2) is 32.6 Å². The summed E-state index contributed by atoms with van der Waals surface area (Å²) in [5.74, 6) is 0.429. The summed E-state index contributed by atoms with van der Waals surface area (Å²) < 4.78 is 8.58. The van der Waals surface area contributed by atoms with Gasteiger partial charge >= 0.3 is 5.97 Å². The van der Waals surface area contributed by atoms with Crippen molar-refractivity contribution in [1.82, 2.24) is 14.9 Å². The number of hydrogen-bond donors (Lipinski definition) is 2. The first-order valence-electron chi connectivity index (χ1n) is 15.4. The van der Waals surface area contributed by atoms with Crippen molar-refractivity contribution in [2.75, 3.05) is 0 Å². The third-order valence-electron chi connectivity index (χ3n) is 8.33. The van der Waals surface area contributed by atoms with Crippen LogP contribution in [0.15, 0.2) is 84.9 Å². The molecule has 0 radical (unpaired) electrons. The predicted molar refractivity (Wildman–Crippen MR) is 185 cm³/mol. The van der Waals surface area contributed by atoms with Gasteiger partial charge in [-0.25, -0.2) is 9.78 Å². The maximum atomic E-state index is 12.8. The van der Waals surface area contributed by atoms with Gasteiger partial charge in [-0.15, -0.1) is 12.4 Å². The van der Waals surface area contributed by atoms with E-state index < -0.39 is 5.97 Å². The Labute approximate surface area is 280 Å². The lowest BCUT2D eigenvalue weighted by Gasteiger charge is -2.25. The van der Waals surface area contributed by atoms with Crippen LogP contribution < -0.4 is 10.1 Å². The smallest absolute Gasteiger partial charge is 0.335 e. The first kappa shape index (κ1) is 33.0. The minimum absolute atomic E-state index is 0. The molecule has 0 unspecified atom stereocenters. The van der Waals surface area contributed by atoms with Crippen LogP contribution in [-0.2, 0) is 6.61 Å². The molecule has 4 aromatic carbocycles. The Morgan fingerprint density at radius 2 is 1.59 bits per heavy atom. The van der Waals surface area contributed by atoms with Crippen LogP contribution in [0, 0.1) is 0 Å². The van der Waals surface area contributed by atoms with Gasteiger partial charge in [-0.3, -0.25) is 4.79 Å². The number of carbonyl (C=O) groups excluding carboxylic acids is 1. The number of carbonyl (C=O) groups is 2. The Hall–Kier alpha value is -4.33. The number of aromatic carboxylic acids is 1. The average Bonchev–Trinajstić information content (AvgIpc) is 3.43. The summed E-state index contributed by atoms with van der Waals surface area (Å²) in [6.45, 7) is 4.13. The van der Waals surface area contributed by atoms with Crippen molar-refractivity contribution in [3.05, 3.63) is 107 Å². The van der Waals surface area contributed by atoms with Crippen molar-refractivity contribution in [2.45, 2.75) is 64.6 Å². The standard InChI is InChI=1S/C37H36ClN3O4.ClH/c1-23(2)39-36(42)26-12-18-32(24-8-14-29(38)15-9-24)28(20-26)22-45-31-16-10-25(11-17-31)35-40-33-21-27(37(43)44)13-19-34(33)41(35)30-6-4-3-5-7-30;/h8-21,23,30H,3-7,22H2,1-2H3,(H,39,42)(H,43,44);1H. The third-order valence-corrected chi connectivity index (χ3v) is 8.58. The lowest BCUT2D eigenvalue weighted by molar-refractivity contribution is 0.0696. The monoisotopic (exact) mass is 657 g/mol. The van der Waals surface area contributed by atoms with Gasteiger partial charge in [0.1, 0.15) is 18.2 Å². The summed E-state index contributed by atoms with van der Waals surface area (Å²) in [6.07, 6.45) is 5.72. The molecule has 5 aromatic rings. The summed E-state index contributed by atoms with van der Waals surface area (Å²) >= 11 is 6.14. The van der Waals surface area contributed by atoms with Gasteiger partial charge in [0.25, 0.3) is 5.91 Å². The zero-order chi connectivity index (χ0) is 31.5. The molecule has 1 aromatic heterocycles. The molecule has 46 heavy (non-hydrogen) atoms. The van der Waals surface area contributed by atoms with Gasteiger partial charge in [-0.05, 0) is 110 Å². The second-order valence-corrected chi connectivity index (χ2v) is 12.4. The van der Waals surface area contributed by atoms with E-state index in [1.54, 1.807) is 12.1 Å². The van der Waals surface area contributed by atoms with Crippen LogP contribution in [0.5, 0.6) is 5.75 Å². The van der Waals surface area contributed by atoms with Gasteiger partial charge < -0.3 is 19.7 Å². The van der Waals surface area contributed by atoms with Gasteiger partial charge in [0.2, 0.25) is 0 Å². The number of rotatable bonds is 9. The Morgan fingerprint density at radius 3 is 2.26 bits per heavy atom. The van der Waals surface area contributed by atoms with Crippen molar-refractivity contribution < 1.29 is 19.4 Å². The predicted octanol–water partition coefficient (Wildman–Crippen LogP) is 9.37. The zero-order valence-corrected chi connectivity index (χ0v) is 27.4. The number of nitrogens with zero attached hydrogens (tertiary/aromatic N) is 2. The number of ether oxygens (including phenoxy) is 1. The third kappa shape index (κ3) is 7.22. The number of hydrogen-bond acceptors (Lipinski definition) is 4. The molecule has 1 aliphatic rings. The maximum Gasteiger partial charge on any atom is 0.335 e. The van der Waals surface area contributed by atoms with Gasteiger partial charge in [0.15, 0.2) is 0 Å². The molecule has 9 heteroatoms. The van der Waals surface area contributed by atoms with Crippen molar-refractivity contribution >= 4 is 46.9 Å². The minimum atomic E-state index is -0.961. The van der Waals surface area contributed by atoms with Crippen LogP contribution in [0.4, 0.5) is 0 Å². The van der Waals surface area contributed by atoms with E-state index in [4.69, 9.17) is 21.3 Å². The van der Waals surface area contributed by atoms with Gasteiger partial charge in [0.05, 0.1) is 16.6 Å². The topological polar surface area (TPSA) is 93.4 Å². The molecule has 6 rings (SSSR count). The number of amides is 1. The second-order valence-electron chi connectivity index (χ2n) is 11.9. The molecule has 1 fully saturated rings. The molecule has 1 aliphatic carbocycles. The number of nitrogens with one attached hydrogen (secondary N) is 1. The fourth-order valence-electron chi connectivity index (χ4n) is 6.12. The Bertz CT molecular complexity index is 1840. The molecule has 0 saturated heterocycles. The van der Waals surface area contributed by atoms with E-state index in [2.05, 4.69) is 9.88 Å². The number of carboxylic acids is 1. The van der Waals surface area contributed by atoms with Crippen LogP contribution in [0.1, 0.15) is 78.3 Å². The molecule has 1 amide bonds. The van der Waals surface area contributed by atoms with Crippen LogP contribution in [0.2, 0.25) is 5.02 Å². The van der Waals surface area contributed by atoms with Crippen molar-refractivity contribution in [3.8, 4) is 28.3 Å². The first-order valence-corrected chi connectivity index (χ1v) is 15.8. The molecule has 0 spiro atoms. The molecule has 238 valence electrons. The molecule has 7 nitrogen and oxygen atoms in total. The summed E-state index contributed by atoms with van der Waals surface area (Å²) in [5.41, 5.74) is 6.22. The largest absolute Gasteiger partial charge is 0.489 e. The Balaban J connectivity index is 0.00000417. The summed E-state index contributed by atoms with van der Waals surface area (Å²) in [4.78, 5) is 29.4. The number of aromatic nitrogens is 2. The summed E-state index contributed by atoms with van der Waals surface area (Å²) in [5, 5.41) is 13.2. The van der Waals surface area contributed by atoms with E-state index in [1.165, 1.54) is 19.3 Å². The van der Waals surface area contributed by atoms with E-state index in [1.807, 2.05) is 86.6 Å². The van der Waals surface area contributed by atoms with Gasteiger partial charge in [-0.2, -0.15) is 0 Å². The highest BCUT2D eigenvalue weighted by molar-refractivity contribution is 6.30. The van der Waals surface area contributed by atoms with E-state index in [9.17, 15) is 14.7 Å². The lowest BCUT2D eigenvalue weighted by Crippen LogP contribution is -2.30. The minimum Gasteiger partial charge on any atom is -0.489 e. The number of benzene rings is 4. The van der Waals surface area contributed by atoms with Crippen LogP contribution in [0.25, 0.3) is 33.5 Å². The second kappa shape index (κ2) is 14.4. The zero-order valence-electron chi connectivity index (χ0n) is 25.8. The Morgan fingerprint density at radius 1 is 0.913 bits per heavy atom. The van der Waals surface area contributed by atoms with E-state index >= 15 is 0 Å². The number of fused-ring (bicyclic) bond motifs is 1. The fraction of sp³-hybridized carbons (Fsp3) is 0.270. The van der Waals surface area contributed by atoms with Crippen molar-refractivity contribution in [2.24, 2.45) is 0 Å². The van der Waals surface area contributed by atoms with E-state index in [0.717, 1.165) is 46.4 Å². The van der Waals surface area contributed by atoms with Gasteiger partial charge in [-0.1, -0.05) is 49.1 Å². The lowest BCUT2D eigenvalue weighted by atomic mass is 9.95. The highest BCUT2D eigenvalue weighted by Crippen LogP contribution is 2.37.